The molecule has 0 radical (unpaired) electrons. The van der Waals surface area contributed by atoms with Gasteiger partial charge in [0.05, 0.1) is 12.1 Å². The number of fused-ring (bicyclic) bond motifs is 1. The summed E-state index contributed by atoms with van der Waals surface area (Å²) in [5, 5.41) is 8.19. The van der Waals surface area contributed by atoms with Gasteiger partial charge in [-0.15, -0.1) is 11.3 Å². The molecule has 2 heterocycles. The molecular weight excluding hydrogens is 356 g/mol. The molecule has 0 aliphatic carbocycles. The lowest BCUT2D eigenvalue weighted by atomic mass is 9.79. The van der Waals surface area contributed by atoms with Crippen LogP contribution in [0.25, 0.3) is 10.1 Å². The molecule has 2 aromatic rings. The second-order valence-electron chi connectivity index (χ2n) is 8.08. The van der Waals surface area contributed by atoms with Crippen molar-refractivity contribution in [3.05, 3.63) is 28.1 Å². The van der Waals surface area contributed by atoms with Gasteiger partial charge in [-0.3, -0.25) is 4.79 Å². The van der Waals surface area contributed by atoms with Gasteiger partial charge in [0.15, 0.2) is 0 Å². The third-order valence-corrected chi connectivity index (χ3v) is 6.24. The first-order valence-electron chi connectivity index (χ1n) is 8.46. The van der Waals surface area contributed by atoms with Crippen LogP contribution >= 0.6 is 22.9 Å². The van der Waals surface area contributed by atoms with Crippen LogP contribution in [0.3, 0.4) is 0 Å². The molecule has 25 heavy (non-hydrogen) atoms. The van der Waals surface area contributed by atoms with Crippen molar-refractivity contribution in [1.82, 2.24) is 10.6 Å². The fourth-order valence-electron chi connectivity index (χ4n) is 3.99. The number of amides is 1. The molecule has 0 unspecified atom stereocenters. The van der Waals surface area contributed by atoms with Gasteiger partial charge >= 0.3 is 0 Å². The van der Waals surface area contributed by atoms with E-state index in [0.29, 0.717) is 9.90 Å². The van der Waals surface area contributed by atoms with E-state index >= 15 is 0 Å². The van der Waals surface area contributed by atoms with E-state index in [1.54, 1.807) is 7.11 Å². The van der Waals surface area contributed by atoms with Gasteiger partial charge in [-0.25, -0.2) is 0 Å². The summed E-state index contributed by atoms with van der Waals surface area (Å²) in [5.41, 5.74) is -0.0337. The van der Waals surface area contributed by atoms with Gasteiger partial charge < -0.3 is 15.4 Å². The van der Waals surface area contributed by atoms with Crippen LogP contribution in [0.15, 0.2) is 18.2 Å². The molecule has 2 N–H and O–H groups in total. The van der Waals surface area contributed by atoms with Gasteiger partial charge in [0.1, 0.15) is 10.6 Å². The average Bonchev–Trinajstić information content (AvgIpc) is 2.80. The van der Waals surface area contributed by atoms with Crippen molar-refractivity contribution in [2.45, 2.75) is 57.7 Å². The van der Waals surface area contributed by atoms with Crippen LogP contribution < -0.4 is 15.4 Å². The number of benzene rings is 1. The van der Waals surface area contributed by atoms with Crippen molar-refractivity contribution >= 4 is 38.9 Å². The molecule has 1 amide bonds. The molecule has 3 rings (SSSR count). The van der Waals surface area contributed by atoms with Crippen LogP contribution in [0.2, 0.25) is 5.02 Å². The highest BCUT2D eigenvalue weighted by Crippen LogP contribution is 2.37. The predicted molar refractivity (Wildman–Crippen MR) is 105 cm³/mol. The van der Waals surface area contributed by atoms with E-state index in [1.165, 1.54) is 11.3 Å². The van der Waals surface area contributed by atoms with Crippen LogP contribution in [0, 0.1) is 0 Å². The number of carbonyl (C=O) groups excluding carboxylic acids is 1. The zero-order valence-electron chi connectivity index (χ0n) is 15.3. The summed E-state index contributed by atoms with van der Waals surface area (Å²) in [7, 11) is 1.62. The van der Waals surface area contributed by atoms with Crippen LogP contribution in [-0.2, 0) is 0 Å². The standard InChI is InChI=1S/C19H25ClN2O2S/c1-18(2)9-11(10-19(3,4)22-18)21-17(23)16-15(20)13-8-12(24-5)6-7-14(13)25-16/h6-8,11,22H,9-10H2,1-5H3,(H,21,23). The molecule has 1 aliphatic rings. The minimum absolute atomic E-state index is 0.0168. The number of halogens is 1. The van der Waals surface area contributed by atoms with E-state index in [4.69, 9.17) is 16.3 Å². The number of hydrogen-bond acceptors (Lipinski definition) is 4. The molecule has 1 saturated heterocycles. The highest BCUT2D eigenvalue weighted by molar-refractivity contribution is 7.21. The fraction of sp³-hybridized carbons (Fsp3) is 0.526. The summed E-state index contributed by atoms with van der Waals surface area (Å²) >= 11 is 7.92. The van der Waals surface area contributed by atoms with Gasteiger partial charge in [-0.1, -0.05) is 11.6 Å². The zero-order valence-corrected chi connectivity index (χ0v) is 16.9. The lowest BCUT2D eigenvalue weighted by Crippen LogP contribution is -2.62. The highest BCUT2D eigenvalue weighted by atomic mass is 35.5. The van der Waals surface area contributed by atoms with Crippen LogP contribution in [0.4, 0.5) is 0 Å². The predicted octanol–water partition coefficient (Wildman–Crippen LogP) is 4.60. The molecular formula is C19H25ClN2O2S. The van der Waals surface area contributed by atoms with E-state index in [9.17, 15) is 4.79 Å². The minimum Gasteiger partial charge on any atom is -0.497 e. The lowest BCUT2D eigenvalue weighted by molar-refractivity contribution is 0.0877. The Bertz CT molecular complexity index is 797. The van der Waals surface area contributed by atoms with Crippen molar-refractivity contribution in [2.24, 2.45) is 0 Å². The van der Waals surface area contributed by atoms with Crippen LogP contribution in [0.1, 0.15) is 50.2 Å². The Kier molecular flexibility index (Phi) is 4.77. The molecule has 1 aliphatic heterocycles. The lowest BCUT2D eigenvalue weighted by Gasteiger charge is -2.46. The zero-order chi connectivity index (χ0) is 18.4. The average molecular weight is 381 g/mol. The molecule has 136 valence electrons. The highest BCUT2D eigenvalue weighted by Gasteiger charge is 2.38. The van der Waals surface area contributed by atoms with Gasteiger partial charge in [0.25, 0.3) is 5.91 Å². The quantitative estimate of drug-likeness (QED) is 0.817. The Morgan fingerprint density at radius 1 is 1.28 bits per heavy atom. The maximum Gasteiger partial charge on any atom is 0.263 e. The van der Waals surface area contributed by atoms with Crippen LogP contribution in [0.5, 0.6) is 5.75 Å². The molecule has 6 heteroatoms. The van der Waals surface area contributed by atoms with Gasteiger partial charge in [-0.2, -0.15) is 0 Å². The maximum atomic E-state index is 12.8. The number of rotatable bonds is 3. The SMILES string of the molecule is COc1ccc2sc(C(=O)NC3CC(C)(C)NC(C)(C)C3)c(Cl)c2c1. The topological polar surface area (TPSA) is 50.4 Å². The fourth-order valence-corrected chi connectivity index (χ4v) is 5.39. The minimum atomic E-state index is -0.0938. The third-order valence-electron chi connectivity index (χ3n) is 4.57. The molecule has 0 spiro atoms. The second kappa shape index (κ2) is 6.45. The number of ether oxygens (including phenoxy) is 1. The summed E-state index contributed by atoms with van der Waals surface area (Å²) in [6.07, 6.45) is 1.77. The van der Waals surface area contributed by atoms with E-state index in [2.05, 4.69) is 38.3 Å². The van der Waals surface area contributed by atoms with Gasteiger partial charge in [0, 0.05) is 27.2 Å². The van der Waals surface area contributed by atoms with E-state index in [0.717, 1.165) is 28.7 Å². The molecule has 1 aromatic carbocycles. The first-order chi connectivity index (χ1) is 11.6. The Labute approximate surface area is 157 Å². The van der Waals surface area contributed by atoms with Crippen molar-refractivity contribution in [2.75, 3.05) is 7.11 Å². The summed E-state index contributed by atoms with van der Waals surface area (Å²) in [6.45, 7) is 8.69. The normalized spacial score (nSPS) is 19.8. The number of hydrogen-bond donors (Lipinski definition) is 2. The van der Waals surface area contributed by atoms with E-state index < -0.39 is 0 Å². The van der Waals surface area contributed by atoms with Crippen molar-refractivity contribution in [3.63, 3.8) is 0 Å². The molecule has 4 nitrogen and oxygen atoms in total. The van der Waals surface area contributed by atoms with Crippen LogP contribution in [-0.4, -0.2) is 30.1 Å². The number of piperidine rings is 1. The number of carbonyl (C=O) groups is 1. The Morgan fingerprint density at radius 3 is 2.52 bits per heavy atom. The maximum absolute atomic E-state index is 12.8. The number of thiophene rings is 1. The number of methoxy groups -OCH3 is 1. The van der Waals surface area contributed by atoms with Crippen molar-refractivity contribution in [3.8, 4) is 5.75 Å². The summed E-state index contributed by atoms with van der Waals surface area (Å²) < 4.78 is 6.24. The second-order valence-corrected chi connectivity index (χ2v) is 9.51. The monoisotopic (exact) mass is 380 g/mol. The molecule has 0 saturated carbocycles. The van der Waals surface area contributed by atoms with Gasteiger partial charge in [0.2, 0.25) is 0 Å². The Hall–Kier alpha value is -1.30. The Morgan fingerprint density at radius 2 is 1.92 bits per heavy atom. The van der Waals surface area contributed by atoms with E-state index in [-0.39, 0.29) is 23.0 Å². The third kappa shape index (κ3) is 3.94. The summed E-state index contributed by atoms with van der Waals surface area (Å²) in [6, 6.07) is 5.82. The molecule has 1 fully saturated rings. The smallest absolute Gasteiger partial charge is 0.263 e. The van der Waals surface area contributed by atoms with E-state index in [1.807, 2.05) is 18.2 Å². The van der Waals surface area contributed by atoms with Crippen molar-refractivity contribution < 1.29 is 9.53 Å². The summed E-state index contributed by atoms with van der Waals surface area (Å²) in [5.74, 6) is 0.643. The Balaban J connectivity index is 1.84. The molecule has 0 atom stereocenters. The first kappa shape index (κ1) is 18.5. The first-order valence-corrected chi connectivity index (χ1v) is 9.66. The largest absolute Gasteiger partial charge is 0.497 e. The number of nitrogens with one attached hydrogen (secondary N) is 2. The van der Waals surface area contributed by atoms with Crippen molar-refractivity contribution in [1.29, 1.82) is 0 Å². The summed E-state index contributed by atoms with van der Waals surface area (Å²) in [4.78, 5) is 13.4. The molecule has 1 aromatic heterocycles. The van der Waals surface area contributed by atoms with Gasteiger partial charge in [-0.05, 0) is 58.7 Å². The molecule has 0 bridgehead atoms.